The molecule has 0 aliphatic carbocycles. The Balaban J connectivity index is 1.37. The predicted octanol–water partition coefficient (Wildman–Crippen LogP) is 4.11. The zero-order chi connectivity index (χ0) is 23.4. The lowest BCUT2D eigenvalue weighted by molar-refractivity contribution is -0.121. The first-order valence-corrected chi connectivity index (χ1v) is 11.9. The van der Waals surface area contributed by atoms with E-state index in [0.29, 0.717) is 36.5 Å². The zero-order valence-corrected chi connectivity index (χ0v) is 19.7. The number of piperidine rings is 1. The maximum Gasteiger partial charge on any atom is 0.253 e. The summed E-state index contributed by atoms with van der Waals surface area (Å²) in [6, 6.07) is 11.2. The fraction of sp³-hybridized carbons (Fsp3) is 0.440. The van der Waals surface area contributed by atoms with E-state index in [1.54, 1.807) is 4.90 Å². The maximum atomic E-state index is 13.1. The lowest BCUT2D eigenvalue weighted by atomic mass is 9.95. The summed E-state index contributed by atoms with van der Waals surface area (Å²) < 4.78 is 13.1. The number of hydrogen-bond acceptors (Lipinski definition) is 4. The van der Waals surface area contributed by atoms with Gasteiger partial charge in [0.25, 0.3) is 5.91 Å². The fourth-order valence-corrected chi connectivity index (χ4v) is 4.72. The van der Waals surface area contributed by atoms with Gasteiger partial charge in [0, 0.05) is 55.8 Å². The van der Waals surface area contributed by atoms with Crippen molar-refractivity contribution in [2.75, 3.05) is 56.0 Å². The molecule has 0 atom stereocenters. The molecule has 0 unspecified atom stereocenters. The van der Waals surface area contributed by atoms with Crippen LogP contribution in [0.2, 0.25) is 5.02 Å². The maximum absolute atomic E-state index is 13.1. The minimum absolute atomic E-state index is 0.0420. The highest BCUT2D eigenvalue weighted by molar-refractivity contribution is 6.31. The minimum Gasteiger partial charge on any atom is -0.367 e. The molecule has 0 saturated carbocycles. The van der Waals surface area contributed by atoms with E-state index in [0.717, 1.165) is 44.1 Å². The van der Waals surface area contributed by atoms with Gasteiger partial charge in [-0.05, 0) is 61.9 Å². The summed E-state index contributed by atoms with van der Waals surface area (Å²) in [4.78, 5) is 32.2. The van der Waals surface area contributed by atoms with Crippen LogP contribution in [0.5, 0.6) is 0 Å². The smallest absolute Gasteiger partial charge is 0.253 e. The molecule has 8 heteroatoms. The molecule has 2 aliphatic rings. The highest BCUT2D eigenvalue weighted by atomic mass is 35.5. The second-order valence-corrected chi connectivity index (χ2v) is 9.08. The van der Waals surface area contributed by atoms with Crippen LogP contribution in [0.25, 0.3) is 0 Å². The standard InChI is InChI=1S/C25H30ClFN4O2/c1-2-29-13-15-30(16-14-29)23-8-5-20(26)17-22(23)28-24(32)18-9-11-31(12-10-18)25(33)19-3-6-21(27)7-4-19/h3-8,17-18H,2,9-16H2,1H3,(H,28,32). The third-order valence-electron chi connectivity index (χ3n) is 6.62. The molecule has 2 fully saturated rings. The van der Waals surface area contributed by atoms with E-state index in [2.05, 4.69) is 22.0 Å². The Hall–Kier alpha value is -2.64. The monoisotopic (exact) mass is 472 g/mol. The first kappa shape index (κ1) is 23.5. The molecular weight excluding hydrogens is 443 g/mol. The molecule has 2 aromatic rings. The van der Waals surface area contributed by atoms with Gasteiger partial charge in [0.15, 0.2) is 0 Å². The number of halogens is 2. The lowest BCUT2D eigenvalue weighted by Crippen LogP contribution is -2.46. The van der Waals surface area contributed by atoms with Crippen LogP contribution in [-0.2, 0) is 4.79 Å². The van der Waals surface area contributed by atoms with Crippen molar-refractivity contribution in [3.8, 4) is 0 Å². The van der Waals surface area contributed by atoms with Crippen molar-refractivity contribution in [2.45, 2.75) is 19.8 Å². The zero-order valence-electron chi connectivity index (χ0n) is 18.9. The average molecular weight is 473 g/mol. The van der Waals surface area contributed by atoms with E-state index < -0.39 is 0 Å². The van der Waals surface area contributed by atoms with Crippen molar-refractivity contribution < 1.29 is 14.0 Å². The Labute approximate surface area is 199 Å². The van der Waals surface area contributed by atoms with Gasteiger partial charge in [-0.15, -0.1) is 0 Å². The topological polar surface area (TPSA) is 55.9 Å². The summed E-state index contributed by atoms with van der Waals surface area (Å²) in [7, 11) is 0. The largest absolute Gasteiger partial charge is 0.367 e. The van der Waals surface area contributed by atoms with Crippen LogP contribution < -0.4 is 10.2 Å². The molecule has 4 rings (SSSR count). The summed E-state index contributed by atoms with van der Waals surface area (Å²) >= 11 is 6.25. The van der Waals surface area contributed by atoms with Crippen molar-refractivity contribution in [1.82, 2.24) is 9.80 Å². The number of rotatable bonds is 5. The van der Waals surface area contributed by atoms with Gasteiger partial charge < -0.3 is 20.0 Å². The van der Waals surface area contributed by atoms with Crippen molar-refractivity contribution in [1.29, 1.82) is 0 Å². The molecule has 2 aliphatic heterocycles. The molecule has 2 aromatic carbocycles. The predicted molar refractivity (Wildman–Crippen MR) is 129 cm³/mol. The van der Waals surface area contributed by atoms with Crippen LogP contribution in [-0.4, -0.2) is 67.4 Å². The molecule has 0 aromatic heterocycles. The van der Waals surface area contributed by atoms with Crippen LogP contribution in [0.3, 0.4) is 0 Å². The van der Waals surface area contributed by atoms with Crippen molar-refractivity contribution >= 4 is 34.8 Å². The minimum atomic E-state index is -0.366. The van der Waals surface area contributed by atoms with Gasteiger partial charge in [-0.3, -0.25) is 9.59 Å². The average Bonchev–Trinajstić information content (AvgIpc) is 2.84. The molecule has 1 N–H and O–H groups in total. The van der Waals surface area contributed by atoms with E-state index in [-0.39, 0.29) is 23.5 Å². The number of carbonyl (C=O) groups excluding carboxylic acids is 2. The highest BCUT2D eigenvalue weighted by Crippen LogP contribution is 2.31. The second kappa shape index (κ2) is 10.5. The number of nitrogens with one attached hydrogen (secondary N) is 1. The van der Waals surface area contributed by atoms with Gasteiger partial charge in [0.2, 0.25) is 5.91 Å². The molecule has 176 valence electrons. The summed E-state index contributed by atoms with van der Waals surface area (Å²) in [5, 5.41) is 3.69. The van der Waals surface area contributed by atoms with Crippen LogP contribution in [0.4, 0.5) is 15.8 Å². The van der Waals surface area contributed by atoms with Crippen LogP contribution in [0, 0.1) is 11.7 Å². The molecule has 33 heavy (non-hydrogen) atoms. The Bertz CT molecular complexity index is 984. The second-order valence-electron chi connectivity index (χ2n) is 8.65. The van der Waals surface area contributed by atoms with E-state index in [4.69, 9.17) is 11.6 Å². The summed E-state index contributed by atoms with van der Waals surface area (Å²) in [5.74, 6) is -0.711. The molecule has 0 radical (unpaired) electrons. The first-order chi connectivity index (χ1) is 15.9. The normalized spacial score (nSPS) is 17.8. The Kier molecular flexibility index (Phi) is 7.50. The number of likely N-dealkylation sites (N-methyl/N-ethyl adjacent to an activating group) is 1. The summed E-state index contributed by atoms with van der Waals surface area (Å²) in [5.41, 5.74) is 2.20. The number of amides is 2. The lowest BCUT2D eigenvalue weighted by Gasteiger charge is -2.36. The third-order valence-corrected chi connectivity index (χ3v) is 6.86. The summed E-state index contributed by atoms with van der Waals surface area (Å²) in [6.07, 6.45) is 1.17. The van der Waals surface area contributed by atoms with Crippen molar-refractivity contribution in [3.63, 3.8) is 0 Å². The van der Waals surface area contributed by atoms with E-state index in [1.807, 2.05) is 18.2 Å². The van der Waals surface area contributed by atoms with E-state index in [9.17, 15) is 14.0 Å². The third kappa shape index (κ3) is 5.65. The number of anilines is 2. The quantitative estimate of drug-likeness (QED) is 0.711. The van der Waals surface area contributed by atoms with Crippen LogP contribution in [0.1, 0.15) is 30.1 Å². The van der Waals surface area contributed by atoms with Gasteiger partial charge in [-0.1, -0.05) is 18.5 Å². The van der Waals surface area contributed by atoms with Crippen LogP contribution in [0.15, 0.2) is 42.5 Å². The van der Waals surface area contributed by atoms with Crippen LogP contribution >= 0.6 is 11.6 Å². The molecule has 2 saturated heterocycles. The van der Waals surface area contributed by atoms with Crippen molar-refractivity contribution in [2.24, 2.45) is 5.92 Å². The number of likely N-dealkylation sites (tertiary alicyclic amines) is 1. The molecular formula is C25H30ClFN4O2. The number of nitrogens with zero attached hydrogens (tertiary/aromatic N) is 3. The number of benzene rings is 2. The Morgan fingerprint density at radius 3 is 2.30 bits per heavy atom. The number of hydrogen-bond donors (Lipinski definition) is 1. The molecule has 0 spiro atoms. The molecule has 2 heterocycles. The van der Waals surface area contributed by atoms with E-state index >= 15 is 0 Å². The molecule has 2 amide bonds. The Morgan fingerprint density at radius 1 is 1.00 bits per heavy atom. The molecule has 0 bridgehead atoms. The van der Waals surface area contributed by atoms with Gasteiger partial charge >= 0.3 is 0 Å². The highest BCUT2D eigenvalue weighted by Gasteiger charge is 2.29. The number of piperazine rings is 1. The first-order valence-electron chi connectivity index (χ1n) is 11.6. The van der Waals surface area contributed by atoms with E-state index in [1.165, 1.54) is 24.3 Å². The SMILES string of the molecule is CCN1CCN(c2ccc(Cl)cc2NC(=O)C2CCN(C(=O)c3ccc(F)cc3)CC2)CC1. The van der Waals surface area contributed by atoms with Gasteiger partial charge in [-0.25, -0.2) is 4.39 Å². The molecule has 6 nitrogen and oxygen atoms in total. The number of carbonyl (C=O) groups is 2. The summed E-state index contributed by atoms with van der Waals surface area (Å²) in [6.45, 7) is 8.00. The Morgan fingerprint density at radius 2 is 1.67 bits per heavy atom. The van der Waals surface area contributed by atoms with Gasteiger partial charge in [0.1, 0.15) is 5.82 Å². The van der Waals surface area contributed by atoms with Crippen molar-refractivity contribution in [3.05, 3.63) is 58.9 Å². The van der Waals surface area contributed by atoms with Gasteiger partial charge in [-0.2, -0.15) is 0 Å². The fourth-order valence-electron chi connectivity index (χ4n) is 4.54. The van der Waals surface area contributed by atoms with Gasteiger partial charge in [0.05, 0.1) is 11.4 Å².